The minimum absolute atomic E-state index is 0.0428. The number of hydrogen-bond acceptors (Lipinski definition) is 2. The first kappa shape index (κ1) is 17.0. The van der Waals surface area contributed by atoms with Crippen LogP contribution in [0.4, 0.5) is 10.1 Å². The number of carboxylic acids is 1. The van der Waals surface area contributed by atoms with E-state index in [1.54, 1.807) is 6.92 Å². The largest absolute Gasteiger partial charge is 0.481 e. The molecule has 0 atom stereocenters. The molecule has 5 nitrogen and oxygen atoms in total. The number of H-pyrrole nitrogens is 1. The van der Waals surface area contributed by atoms with Crippen molar-refractivity contribution in [2.45, 2.75) is 13.3 Å². The predicted octanol–water partition coefficient (Wildman–Crippen LogP) is 4.15. The Morgan fingerprint density at radius 2 is 2.00 bits per heavy atom. The van der Waals surface area contributed by atoms with E-state index in [4.69, 9.17) is 16.7 Å². The van der Waals surface area contributed by atoms with Crippen molar-refractivity contribution in [2.75, 3.05) is 5.32 Å². The number of halogens is 2. The molecule has 3 aromatic rings. The number of rotatable bonds is 4. The summed E-state index contributed by atoms with van der Waals surface area (Å²) in [4.78, 5) is 26.5. The highest BCUT2D eigenvalue weighted by Gasteiger charge is 2.18. The van der Waals surface area contributed by atoms with Gasteiger partial charge in [-0.1, -0.05) is 29.8 Å². The topological polar surface area (TPSA) is 82.2 Å². The summed E-state index contributed by atoms with van der Waals surface area (Å²) in [7, 11) is 0. The van der Waals surface area contributed by atoms with Crippen molar-refractivity contribution in [3.05, 3.63) is 64.1 Å². The monoisotopic (exact) mass is 360 g/mol. The number of carbonyl (C=O) groups excluding carboxylic acids is 1. The zero-order valence-corrected chi connectivity index (χ0v) is 13.9. The van der Waals surface area contributed by atoms with E-state index in [1.807, 2.05) is 24.3 Å². The lowest BCUT2D eigenvalue weighted by atomic mass is 10.1. The SMILES string of the molecule is Cc1[nH]c2ccccc2c1C(=O)Nc1cc(F)c(CC(=O)O)cc1Cl. The highest BCUT2D eigenvalue weighted by Crippen LogP contribution is 2.28. The van der Waals surface area contributed by atoms with Crippen LogP contribution in [0, 0.1) is 12.7 Å². The lowest BCUT2D eigenvalue weighted by Gasteiger charge is -2.10. The van der Waals surface area contributed by atoms with Gasteiger partial charge in [0, 0.05) is 22.2 Å². The quantitative estimate of drug-likeness (QED) is 0.653. The minimum atomic E-state index is -1.17. The molecule has 1 amide bonds. The number of para-hydroxylation sites is 1. The zero-order valence-electron chi connectivity index (χ0n) is 13.2. The number of nitrogens with one attached hydrogen (secondary N) is 2. The number of aliphatic carboxylic acids is 1. The van der Waals surface area contributed by atoms with Gasteiger partial charge in [-0.25, -0.2) is 4.39 Å². The Bertz CT molecular complexity index is 997. The van der Waals surface area contributed by atoms with Crippen LogP contribution in [0.1, 0.15) is 21.6 Å². The summed E-state index contributed by atoms with van der Waals surface area (Å²) in [6.07, 6.45) is -0.485. The maximum atomic E-state index is 14.0. The Morgan fingerprint density at radius 1 is 1.28 bits per heavy atom. The molecule has 0 aliphatic heterocycles. The molecular weight excluding hydrogens is 347 g/mol. The van der Waals surface area contributed by atoms with Crippen molar-refractivity contribution in [3.8, 4) is 0 Å². The van der Waals surface area contributed by atoms with E-state index in [-0.39, 0.29) is 16.3 Å². The third-order valence-corrected chi connectivity index (χ3v) is 4.16. The fourth-order valence-corrected chi connectivity index (χ4v) is 2.97. The molecule has 2 aromatic carbocycles. The molecule has 0 radical (unpaired) electrons. The van der Waals surface area contributed by atoms with Crippen LogP contribution in [-0.4, -0.2) is 22.0 Å². The van der Waals surface area contributed by atoms with Crippen LogP contribution in [0.2, 0.25) is 5.02 Å². The van der Waals surface area contributed by atoms with Crippen molar-refractivity contribution in [3.63, 3.8) is 0 Å². The Morgan fingerprint density at radius 3 is 2.72 bits per heavy atom. The van der Waals surface area contributed by atoms with Gasteiger partial charge in [-0.15, -0.1) is 0 Å². The summed E-state index contributed by atoms with van der Waals surface area (Å²) in [5.41, 5.74) is 1.99. The van der Waals surface area contributed by atoms with Gasteiger partial charge >= 0.3 is 5.97 Å². The normalized spacial score (nSPS) is 10.8. The first-order chi connectivity index (χ1) is 11.9. The molecule has 0 aliphatic rings. The number of amides is 1. The molecule has 128 valence electrons. The summed E-state index contributed by atoms with van der Waals surface area (Å²) in [5.74, 6) is -2.33. The average molecular weight is 361 g/mol. The highest BCUT2D eigenvalue weighted by molar-refractivity contribution is 6.34. The second-order valence-electron chi connectivity index (χ2n) is 5.62. The second-order valence-corrected chi connectivity index (χ2v) is 6.03. The zero-order chi connectivity index (χ0) is 18.1. The molecule has 3 rings (SSSR count). The maximum absolute atomic E-state index is 14.0. The standard InChI is InChI=1S/C18H14ClFN2O3/c1-9-17(11-4-2-3-5-14(11)21-9)18(25)22-15-8-13(20)10(6-12(15)19)7-16(23)24/h2-6,8,21H,7H2,1H3,(H,22,25)(H,23,24). The van der Waals surface area contributed by atoms with Gasteiger partial charge < -0.3 is 15.4 Å². The number of fused-ring (bicyclic) bond motifs is 1. The van der Waals surface area contributed by atoms with E-state index in [2.05, 4.69) is 10.3 Å². The molecule has 0 saturated heterocycles. The van der Waals surface area contributed by atoms with Crippen molar-refractivity contribution in [2.24, 2.45) is 0 Å². The van der Waals surface area contributed by atoms with Crippen molar-refractivity contribution >= 4 is 40.1 Å². The van der Waals surface area contributed by atoms with E-state index in [1.165, 1.54) is 6.07 Å². The molecule has 3 N–H and O–H groups in total. The fourth-order valence-electron chi connectivity index (χ4n) is 2.74. The van der Waals surface area contributed by atoms with Gasteiger partial charge in [-0.3, -0.25) is 9.59 Å². The number of aromatic amines is 1. The third kappa shape index (κ3) is 3.34. The van der Waals surface area contributed by atoms with Crippen LogP contribution in [0.3, 0.4) is 0 Å². The summed E-state index contributed by atoms with van der Waals surface area (Å²) in [5, 5.41) is 12.2. The van der Waals surface area contributed by atoms with E-state index in [0.717, 1.165) is 17.0 Å². The number of hydrogen-bond donors (Lipinski definition) is 3. The Hall–Kier alpha value is -2.86. The predicted molar refractivity (Wildman–Crippen MR) is 93.7 cm³/mol. The van der Waals surface area contributed by atoms with E-state index < -0.39 is 24.1 Å². The van der Waals surface area contributed by atoms with Gasteiger partial charge in [0.1, 0.15) is 5.82 Å². The Balaban J connectivity index is 1.94. The van der Waals surface area contributed by atoms with Crippen LogP contribution in [0.15, 0.2) is 36.4 Å². The Kier molecular flexibility index (Phi) is 4.46. The van der Waals surface area contributed by atoms with Gasteiger partial charge in [0.25, 0.3) is 5.91 Å². The molecule has 0 unspecified atom stereocenters. The van der Waals surface area contributed by atoms with Crippen molar-refractivity contribution in [1.29, 1.82) is 0 Å². The highest BCUT2D eigenvalue weighted by atomic mass is 35.5. The first-order valence-electron chi connectivity index (χ1n) is 7.45. The molecule has 1 aromatic heterocycles. The van der Waals surface area contributed by atoms with Gasteiger partial charge in [0.05, 0.1) is 22.7 Å². The Labute approximate surface area is 147 Å². The first-order valence-corrected chi connectivity index (χ1v) is 7.83. The van der Waals surface area contributed by atoms with Gasteiger partial charge in [-0.05, 0) is 25.1 Å². The summed E-state index contributed by atoms with van der Waals surface area (Å²) in [6.45, 7) is 1.77. The molecule has 0 saturated carbocycles. The van der Waals surface area contributed by atoms with Crippen LogP contribution in [-0.2, 0) is 11.2 Å². The summed E-state index contributed by atoms with van der Waals surface area (Å²) >= 11 is 6.07. The molecule has 0 bridgehead atoms. The maximum Gasteiger partial charge on any atom is 0.307 e. The number of benzene rings is 2. The second kappa shape index (κ2) is 6.57. The summed E-state index contributed by atoms with van der Waals surface area (Å²) in [6, 6.07) is 9.58. The van der Waals surface area contributed by atoms with Crippen LogP contribution >= 0.6 is 11.6 Å². The van der Waals surface area contributed by atoms with Gasteiger partial charge in [0.2, 0.25) is 0 Å². The molecule has 0 aliphatic carbocycles. The molecular formula is C18H14ClFN2O3. The van der Waals surface area contributed by atoms with E-state index >= 15 is 0 Å². The molecule has 1 heterocycles. The minimum Gasteiger partial charge on any atom is -0.481 e. The summed E-state index contributed by atoms with van der Waals surface area (Å²) < 4.78 is 14.0. The van der Waals surface area contributed by atoms with Crippen LogP contribution in [0.25, 0.3) is 10.9 Å². The van der Waals surface area contributed by atoms with Gasteiger partial charge in [0.15, 0.2) is 0 Å². The smallest absolute Gasteiger partial charge is 0.307 e. The van der Waals surface area contributed by atoms with Crippen LogP contribution in [0.5, 0.6) is 0 Å². The van der Waals surface area contributed by atoms with E-state index in [0.29, 0.717) is 11.3 Å². The number of carboxylic acid groups (broad SMARTS) is 1. The average Bonchev–Trinajstić information content (AvgIpc) is 2.87. The number of aromatic nitrogens is 1. The molecule has 0 fully saturated rings. The van der Waals surface area contributed by atoms with Crippen LogP contribution < -0.4 is 5.32 Å². The number of aryl methyl sites for hydroxylation is 1. The van der Waals surface area contributed by atoms with Crippen molar-refractivity contribution < 1.29 is 19.1 Å². The number of carbonyl (C=O) groups is 2. The molecule has 25 heavy (non-hydrogen) atoms. The lowest BCUT2D eigenvalue weighted by molar-refractivity contribution is -0.136. The number of anilines is 1. The molecule has 0 spiro atoms. The van der Waals surface area contributed by atoms with Gasteiger partial charge in [-0.2, -0.15) is 0 Å². The van der Waals surface area contributed by atoms with Crippen molar-refractivity contribution in [1.82, 2.24) is 4.98 Å². The third-order valence-electron chi connectivity index (χ3n) is 3.85. The fraction of sp³-hybridized carbons (Fsp3) is 0.111. The molecule has 7 heteroatoms. The lowest BCUT2D eigenvalue weighted by Crippen LogP contribution is -2.14. The van der Waals surface area contributed by atoms with E-state index in [9.17, 15) is 14.0 Å².